The average molecular weight is 190 g/mol. The Balaban J connectivity index is 2.69. The fourth-order valence-electron chi connectivity index (χ4n) is 1.77. The normalized spacial score (nSPS) is 13.4. The summed E-state index contributed by atoms with van der Waals surface area (Å²) >= 11 is 0. The third kappa shape index (κ3) is 1.30. The van der Waals surface area contributed by atoms with Crippen molar-refractivity contribution < 1.29 is 5.11 Å². The molecule has 0 aliphatic heterocycles. The van der Waals surface area contributed by atoms with E-state index in [2.05, 4.69) is 10.2 Å². The highest BCUT2D eigenvalue weighted by molar-refractivity contribution is 5.85. The van der Waals surface area contributed by atoms with Crippen molar-refractivity contribution in [2.75, 3.05) is 6.61 Å². The third-order valence-corrected chi connectivity index (χ3v) is 2.60. The van der Waals surface area contributed by atoms with Gasteiger partial charge >= 0.3 is 0 Å². The summed E-state index contributed by atoms with van der Waals surface area (Å²) < 4.78 is 0. The van der Waals surface area contributed by atoms with Gasteiger partial charge in [-0.25, -0.2) is 0 Å². The lowest BCUT2D eigenvalue weighted by Crippen LogP contribution is -1.99. The molecule has 1 unspecified atom stereocenters. The Kier molecular flexibility index (Phi) is 2.25. The summed E-state index contributed by atoms with van der Waals surface area (Å²) in [7, 11) is 0. The smallest absolute Gasteiger partial charge is 0.0926 e. The largest absolute Gasteiger partial charge is 0.396 e. The number of aliphatic hydroxyl groups excluding tert-OH is 1. The Hall–Kier alpha value is -1.35. The second-order valence-corrected chi connectivity index (χ2v) is 3.67. The van der Waals surface area contributed by atoms with Crippen molar-refractivity contribution in [3.8, 4) is 0 Å². The van der Waals surface area contributed by atoms with E-state index in [-0.39, 0.29) is 12.5 Å². The Morgan fingerprint density at radius 1 is 1.50 bits per heavy atom. The molecule has 0 bridgehead atoms. The Labute approximate surface area is 82.8 Å². The Morgan fingerprint density at radius 3 is 3.00 bits per heavy atom. The molecule has 0 radical (unpaired) electrons. The first-order valence-corrected chi connectivity index (χ1v) is 4.78. The number of H-pyrrole nitrogens is 1. The third-order valence-electron chi connectivity index (χ3n) is 2.60. The molecule has 3 heteroatoms. The lowest BCUT2D eigenvalue weighted by atomic mass is 9.97. The fraction of sp³-hybridized carbons (Fsp3) is 0.364. The molecule has 1 atom stereocenters. The van der Waals surface area contributed by atoms with Crippen LogP contribution in [0.15, 0.2) is 18.2 Å². The van der Waals surface area contributed by atoms with Crippen molar-refractivity contribution in [2.45, 2.75) is 19.8 Å². The average Bonchev–Trinajstić information content (AvgIpc) is 2.59. The number of nitrogens with zero attached hydrogens (tertiary/aromatic N) is 1. The summed E-state index contributed by atoms with van der Waals surface area (Å²) in [6.07, 6.45) is 0. The predicted octanol–water partition coefficient (Wildman–Crippen LogP) is 1.97. The minimum Gasteiger partial charge on any atom is -0.396 e. The number of hydrogen-bond donors (Lipinski definition) is 2. The molecule has 0 saturated carbocycles. The van der Waals surface area contributed by atoms with E-state index >= 15 is 0 Å². The topological polar surface area (TPSA) is 48.9 Å². The van der Waals surface area contributed by atoms with E-state index < -0.39 is 0 Å². The van der Waals surface area contributed by atoms with Crippen LogP contribution >= 0.6 is 0 Å². The Morgan fingerprint density at radius 2 is 2.29 bits per heavy atom. The summed E-state index contributed by atoms with van der Waals surface area (Å²) in [6, 6.07) is 6.00. The van der Waals surface area contributed by atoms with Crippen LogP contribution < -0.4 is 0 Å². The van der Waals surface area contributed by atoms with Gasteiger partial charge < -0.3 is 5.11 Å². The van der Waals surface area contributed by atoms with Crippen molar-refractivity contribution in [3.63, 3.8) is 0 Å². The van der Waals surface area contributed by atoms with Gasteiger partial charge in [-0.1, -0.05) is 19.1 Å². The number of aromatic nitrogens is 2. The van der Waals surface area contributed by atoms with Crippen molar-refractivity contribution in [2.24, 2.45) is 0 Å². The molecule has 0 spiro atoms. The van der Waals surface area contributed by atoms with E-state index in [9.17, 15) is 0 Å². The van der Waals surface area contributed by atoms with E-state index in [1.807, 2.05) is 32.0 Å². The zero-order valence-electron chi connectivity index (χ0n) is 8.41. The number of aromatic amines is 1. The summed E-state index contributed by atoms with van der Waals surface area (Å²) in [4.78, 5) is 0. The highest BCUT2D eigenvalue weighted by Gasteiger charge is 2.11. The molecule has 14 heavy (non-hydrogen) atoms. The van der Waals surface area contributed by atoms with E-state index in [1.54, 1.807) is 0 Å². The maximum Gasteiger partial charge on any atom is 0.0926 e. The molecule has 0 aliphatic rings. The summed E-state index contributed by atoms with van der Waals surface area (Å²) in [6.45, 7) is 4.19. The standard InChI is InChI=1S/C11H14N2O/c1-7(6-14)9-4-3-5-10-11(9)8(2)12-13-10/h3-5,7,14H,6H2,1-2H3,(H,12,13). The van der Waals surface area contributed by atoms with Gasteiger partial charge in [0, 0.05) is 23.6 Å². The van der Waals surface area contributed by atoms with Crippen LogP contribution in [-0.2, 0) is 0 Å². The molecule has 0 saturated heterocycles. The second-order valence-electron chi connectivity index (χ2n) is 3.67. The maximum absolute atomic E-state index is 9.15. The number of fused-ring (bicyclic) bond motifs is 1. The van der Waals surface area contributed by atoms with Gasteiger partial charge in [0.05, 0.1) is 5.52 Å². The van der Waals surface area contributed by atoms with Crippen LogP contribution in [0.5, 0.6) is 0 Å². The maximum atomic E-state index is 9.15. The number of aliphatic hydroxyl groups is 1. The number of benzene rings is 1. The highest BCUT2D eigenvalue weighted by atomic mass is 16.3. The first-order chi connectivity index (χ1) is 6.74. The number of hydrogen-bond acceptors (Lipinski definition) is 2. The van der Waals surface area contributed by atoms with Gasteiger partial charge in [-0.3, -0.25) is 5.10 Å². The van der Waals surface area contributed by atoms with Crippen LogP contribution in [0.4, 0.5) is 0 Å². The van der Waals surface area contributed by atoms with Crippen molar-refractivity contribution in [3.05, 3.63) is 29.5 Å². The minimum absolute atomic E-state index is 0.162. The zero-order valence-corrected chi connectivity index (χ0v) is 8.41. The molecule has 0 amide bonds. The van der Waals surface area contributed by atoms with Gasteiger partial charge in [0.15, 0.2) is 0 Å². The van der Waals surface area contributed by atoms with E-state index in [0.717, 1.165) is 22.2 Å². The molecule has 2 rings (SSSR count). The number of nitrogens with one attached hydrogen (secondary N) is 1. The molecule has 0 aliphatic carbocycles. The lowest BCUT2D eigenvalue weighted by molar-refractivity contribution is 0.273. The Bertz CT molecular complexity index is 447. The molecule has 2 N–H and O–H groups in total. The monoisotopic (exact) mass is 190 g/mol. The second kappa shape index (κ2) is 3.42. The van der Waals surface area contributed by atoms with Crippen molar-refractivity contribution in [1.82, 2.24) is 10.2 Å². The van der Waals surface area contributed by atoms with Gasteiger partial charge in [-0.2, -0.15) is 5.10 Å². The SMILES string of the molecule is Cc1[nH]nc2cccc(C(C)CO)c12. The van der Waals surface area contributed by atoms with Crippen LogP contribution in [0, 0.1) is 6.92 Å². The van der Waals surface area contributed by atoms with Gasteiger partial charge in [0.2, 0.25) is 0 Å². The highest BCUT2D eigenvalue weighted by Crippen LogP contribution is 2.26. The summed E-state index contributed by atoms with van der Waals surface area (Å²) in [5.74, 6) is 0.162. The van der Waals surface area contributed by atoms with Gasteiger partial charge in [-0.05, 0) is 18.6 Å². The molecule has 1 aromatic heterocycles. The van der Waals surface area contributed by atoms with Crippen LogP contribution in [-0.4, -0.2) is 21.9 Å². The number of rotatable bonds is 2. The summed E-state index contributed by atoms with van der Waals surface area (Å²) in [5, 5.41) is 17.4. The fourth-order valence-corrected chi connectivity index (χ4v) is 1.77. The molecule has 0 fully saturated rings. The van der Waals surface area contributed by atoms with Crippen LogP contribution in [0.2, 0.25) is 0 Å². The molecule has 74 valence electrons. The molecule has 2 aromatic rings. The summed E-state index contributed by atoms with van der Waals surface area (Å²) in [5.41, 5.74) is 3.20. The van der Waals surface area contributed by atoms with Gasteiger partial charge in [-0.15, -0.1) is 0 Å². The lowest BCUT2D eigenvalue weighted by Gasteiger charge is -2.09. The van der Waals surface area contributed by atoms with Crippen molar-refractivity contribution in [1.29, 1.82) is 0 Å². The van der Waals surface area contributed by atoms with E-state index in [4.69, 9.17) is 5.11 Å². The van der Waals surface area contributed by atoms with Crippen LogP contribution in [0.3, 0.4) is 0 Å². The van der Waals surface area contributed by atoms with E-state index in [0.29, 0.717) is 0 Å². The van der Waals surface area contributed by atoms with Crippen molar-refractivity contribution >= 4 is 10.9 Å². The molecule has 1 heterocycles. The van der Waals surface area contributed by atoms with Crippen LogP contribution in [0.25, 0.3) is 10.9 Å². The minimum atomic E-state index is 0.162. The first kappa shape index (κ1) is 9.21. The van der Waals surface area contributed by atoms with E-state index in [1.165, 1.54) is 0 Å². The molecule has 1 aromatic carbocycles. The van der Waals surface area contributed by atoms with Gasteiger partial charge in [0.25, 0.3) is 0 Å². The zero-order chi connectivity index (χ0) is 10.1. The van der Waals surface area contributed by atoms with Gasteiger partial charge in [0.1, 0.15) is 0 Å². The first-order valence-electron chi connectivity index (χ1n) is 4.78. The quantitative estimate of drug-likeness (QED) is 0.760. The number of aryl methyl sites for hydroxylation is 1. The predicted molar refractivity (Wildman–Crippen MR) is 56.3 cm³/mol. The van der Waals surface area contributed by atoms with Crippen LogP contribution in [0.1, 0.15) is 24.1 Å². The molecule has 3 nitrogen and oxygen atoms in total. The molecular weight excluding hydrogens is 176 g/mol. The molecular formula is C11H14N2O.